The first-order valence-corrected chi connectivity index (χ1v) is 10.7. The van der Waals surface area contributed by atoms with Crippen LogP contribution < -0.4 is 10.1 Å². The number of hydrogen-bond acceptors (Lipinski definition) is 6. The van der Waals surface area contributed by atoms with Crippen LogP contribution in [0.15, 0.2) is 53.1 Å². The van der Waals surface area contributed by atoms with Gasteiger partial charge in [0.25, 0.3) is 0 Å². The van der Waals surface area contributed by atoms with E-state index >= 15 is 0 Å². The zero-order chi connectivity index (χ0) is 21.6. The molecule has 162 valence electrons. The minimum absolute atomic E-state index is 0.0522. The number of anilines is 1. The van der Waals surface area contributed by atoms with Gasteiger partial charge in [0.15, 0.2) is 0 Å². The van der Waals surface area contributed by atoms with Gasteiger partial charge in [-0.3, -0.25) is 9.69 Å². The second-order valence-corrected chi connectivity index (χ2v) is 7.85. The van der Waals surface area contributed by atoms with E-state index in [1.165, 1.54) is 5.56 Å². The number of carbonyl (C=O) groups is 1. The van der Waals surface area contributed by atoms with Crippen LogP contribution in [0.3, 0.4) is 0 Å². The molecule has 31 heavy (non-hydrogen) atoms. The van der Waals surface area contributed by atoms with Crippen LogP contribution in [0.25, 0.3) is 11.4 Å². The Morgan fingerprint density at radius 2 is 1.97 bits per heavy atom. The first kappa shape index (κ1) is 21.1. The smallest absolute Gasteiger partial charge is 0.241 e. The van der Waals surface area contributed by atoms with Crippen molar-refractivity contribution in [2.75, 3.05) is 25.5 Å². The number of nitrogens with zero attached hydrogens (tertiary/aromatic N) is 3. The number of nitrogens with one attached hydrogen (secondary N) is 1. The van der Waals surface area contributed by atoms with E-state index in [-0.39, 0.29) is 11.8 Å². The first-order valence-electron chi connectivity index (χ1n) is 10.7. The van der Waals surface area contributed by atoms with Crippen LogP contribution in [-0.2, 0) is 17.8 Å². The number of aryl methyl sites for hydroxylation is 1. The number of ether oxygens (including phenoxy) is 1. The number of rotatable bonds is 7. The third-order valence-electron chi connectivity index (χ3n) is 5.68. The van der Waals surface area contributed by atoms with Crippen LogP contribution in [0, 0.1) is 5.92 Å². The van der Waals surface area contributed by atoms with Crippen molar-refractivity contribution in [1.82, 2.24) is 15.0 Å². The molecule has 7 nitrogen and oxygen atoms in total. The predicted molar refractivity (Wildman–Crippen MR) is 119 cm³/mol. The predicted octanol–water partition coefficient (Wildman–Crippen LogP) is 4.16. The van der Waals surface area contributed by atoms with Crippen molar-refractivity contribution in [3.8, 4) is 17.1 Å². The summed E-state index contributed by atoms with van der Waals surface area (Å²) in [5.74, 6) is 1.91. The van der Waals surface area contributed by atoms with E-state index in [0.717, 1.165) is 42.8 Å². The minimum atomic E-state index is -0.0522. The summed E-state index contributed by atoms with van der Waals surface area (Å²) in [6.07, 6.45) is 2.84. The summed E-state index contributed by atoms with van der Waals surface area (Å²) in [5, 5.41) is 7.15. The summed E-state index contributed by atoms with van der Waals surface area (Å²) in [6, 6.07) is 15.6. The van der Waals surface area contributed by atoms with Gasteiger partial charge in [0.05, 0.1) is 19.6 Å². The highest BCUT2D eigenvalue weighted by Gasteiger charge is 2.27. The van der Waals surface area contributed by atoms with Crippen molar-refractivity contribution in [2.45, 2.75) is 32.7 Å². The van der Waals surface area contributed by atoms with Crippen molar-refractivity contribution in [3.63, 3.8) is 0 Å². The molecule has 1 N–H and O–H groups in total. The van der Waals surface area contributed by atoms with Gasteiger partial charge in [-0.2, -0.15) is 4.98 Å². The fourth-order valence-electron chi connectivity index (χ4n) is 3.85. The molecule has 1 amide bonds. The molecule has 0 saturated carbocycles. The van der Waals surface area contributed by atoms with Crippen molar-refractivity contribution in [2.24, 2.45) is 5.92 Å². The van der Waals surface area contributed by atoms with E-state index in [2.05, 4.69) is 39.4 Å². The first-order chi connectivity index (χ1) is 15.1. The summed E-state index contributed by atoms with van der Waals surface area (Å²) >= 11 is 0. The zero-order valence-corrected chi connectivity index (χ0v) is 18.0. The van der Waals surface area contributed by atoms with E-state index in [1.807, 2.05) is 36.4 Å². The summed E-state index contributed by atoms with van der Waals surface area (Å²) in [5.41, 5.74) is 2.98. The molecule has 2 aromatic carbocycles. The fourth-order valence-corrected chi connectivity index (χ4v) is 3.85. The second kappa shape index (κ2) is 9.75. The third-order valence-corrected chi connectivity index (χ3v) is 5.68. The van der Waals surface area contributed by atoms with Crippen LogP contribution in [-0.4, -0.2) is 41.1 Å². The second-order valence-electron chi connectivity index (χ2n) is 7.85. The van der Waals surface area contributed by atoms with Gasteiger partial charge < -0.3 is 14.6 Å². The van der Waals surface area contributed by atoms with Crippen LogP contribution in [0.4, 0.5) is 5.69 Å². The molecular formula is C24H28N4O3. The van der Waals surface area contributed by atoms with Gasteiger partial charge in [0.1, 0.15) is 5.75 Å². The van der Waals surface area contributed by atoms with Gasteiger partial charge in [-0.15, -0.1) is 0 Å². The van der Waals surface area contributed by atoms with Gasteiger partial charge in [-0.1, -0.05) is 24.2 Å². The molecule has 1 saturated heterocycles. The lowest BCUT2D eigenvalue weighted by Gasteiger charge is -2.30. The average Bonchev–Trinajstić information content (AvgIpc) is 3.28. The monoisotopic (exact) mass is 420 g/mol. The van der Waals surface area contributed by atoms with Crippen LogP contribution in [0.5, 0.6) is 5.75 Å². The molecule has 1 aromatic heterocycles. The number of piperidine rings is 1. The molecule has 7 heteroatoms. The number of methoxy groups -OCH3 is 1. The van der Waals surface area contributed by atoms with Gasteiger partial charge in [-0.25, -0.2) is 0 Å². The van der Waals surface area contributed by atoms with Crippen molar-refractivity contribution in [1.29, 1.82) is 0 Å². The molecule has 3 aromatic rings. The number of aromatic nitrogens is 2. The Labute approximate surface area is 182 Å². The Bertz CT molecular complexity index is 998. The van der Waals surface area contributed by atoms with E-state index in [4.69, 9.17) is 9.26 Å². The molecule has 4 rings (SSSR count). The highest BCUT2D eigenvalue weighted by Crippen LogP contribution is 2.23. The molecule has 1 atom stereocenters. The number of likely N-dealkylation sites (tertiary alicyclic amines) is 1. The maximum absolute atomic E-state index is 12.8. The highest BCUT2D eigenvalue weighted by atomic mass is 16.5. The van der Waals surface area contributed by atoms with Crippen molar-refractivity contribution >= 4 is 11.6 Å². The molecule has 0 spiro atoms. The van der Waals surface area contributed by atoms with Crippen molar-refractivity contribution in [3.05, 3.63) is 60.0 Å². The number of hydrogen-bond donors (Lipinski definition) is 1. The fraction of sp³-hybridized carbons (Fsp3) is 0.375. The largest absolute Gasteiger partial charge is 0.497 e. The number of amides is 1. The lowest BCUT2D eigenvalue weighted by Crippen LogP contribution is -2.40. The molecule has 1 unspecified atom stereocenters. The molecule has 0 bridgehead atoms. The molecule has 0 aliphatic carbocycles. The minimum Gasteiger partial charge on any atom is -0.497 e. The lowest BCUT2D eigenvalue weighted by molar-refractivity contribution is -0.121. The Morgan fingerprint density at radius 3 is 2.68 bits per heavy atom. The van der Waals surface area contributed by atoms with Gasteiger partial charge >= 0.3 is 0 Å². The quantitative estimate of drug-likeness (QED) is 0.618. The lowest BCUT2D eigenvalue weighted by atomic mass is 9.97. The van der Waals surface area contributed by atoms with Crippen LogP contribution in [0.1, 0.15) is 31.2 Å². The van der Waals surface area contributed by atoms with Crippen LogP contribution in [0.2, 0.25) is 0 Å². The van der Waals surface area contributed by atoms with E-state index in [1.54, 1.807) is 7.11 Å². The van der Waals surface area contributed by atoms with E-state index in [9.17, 15) is 4.79 Å². The SMILES string of the molecule is CCc1ccc(NC(=O)C2CCCN(Cc3nc(-c4ccc(OC)cc4)no3)C2)cc1. The van der Waals surface area contributed by atoms with E-state index < -0.39 is 0 Å². The van der Waals surface area contributed by atoms with E-state index in [0.29, 0.717) is 24.8 Å². The van der Waals surface area contributed by atoms with Gasteiger partial charge in [0.2, 0.25) is 17.6 Å². The third kappa shape index (κ3) is 5.30. The standard InChI is InChI=1S/C24H28N4O3/c1-3-17-6-10-20(11-7-17)25-24(29)19-5-4-14-28(15-19)16-22-26-23(27-31-22)18-8-12-21(30-2)13-9-18/h6-13,19H,3-5,14-16H2,1-2H3,(H,25,29). The maximum atomic E-state index is 12.8. The Morgan fingerprint density at radius 1 is 1.19 bits per heavy atom. The Hall–Kier alpha value is -3.19. The van der Waals surface area contributed by atoms with Crippen LogP contribution >= 0.6 is 0 Å². The molecule has 1 aliphatic heterocycles. The normalized spacial score (nSPS) is 16.8. The summed E-state index contributed by atoms with van der Waals surface area (Å²) < 4.78 is 10.6. The Balaban J connectivity index is 1.34. The summed E-state index contributed by atoms with van der Waals surface area (Å²) in [6.45, 7) is 4.25. The molecular weight excluding hydrogens is 392 g/mol. The zero-order valence-electron chi connectivity index (χ0n) is 18.0. The molecule has 1 fully saturated rings. The summed E-state index contributed by atoms with van der Waals surface area (Å²) in [4.78, 5) is 19.5. The summed E-state index contributed by atoms with van der Waals surface area (Å²) in [7, 11) is 1.63. The van der Waals surface area contributed by atoms with Gasteiger partial charge in [0, 0.05) is 17.8 Å². The molecule has 2 heterocycles. The average molecular weight is 421 g/mol. The molecule has 0 radical (unpaired) electrons. The topological polar surface area (TPSA) is 80.5 Å². The molecule has 1 aliphatic rings. The number of benzene rings is 2. The van der Waals surface area contributed by atoms with Gasteiger partial charge in [-0.05, 0) is 67.8 Å². The number of carbonyl (C=O) groups excluding carboxylic acids is 1. The van der Waals surface area contributed by atoms with Crippen molar-refractivity contribution < 1.29 is 14.1 Å². The maximum Gasteiger partial charge on any atom is 0.241 e. The Kier molecular flexibility index (Phi) is 6.62. The highest BCUT2D eigenvalue weighted by molar-refractivity contribution is 5.92.